The Morgan fingerprint density at radius 2 is 1.06 bits per heavy atom. The summed E-state index contributed by atoms with van der Waals surface area (Å²) in [6.07, 6.45) is 7.40. The second-order valence-corrected chi connectivity index (χ2v) is 9.00. The van der Waals surface area contributed by atoms with Gasteiger partial charge in [-0.05, 0) is 97.4 Å². The maximum absolute atomic E-state index is 3.82. The minimum absolute atomic E-state index is 0.586. The molecule has 8 nitrogen and oxygen atoms in total. The molecule has 0 aliphatic carbocycles. The smallest absolute Gasteiger partial charge is 0.0192 e. The summed E-state index contributed by atoms with van der Waals surface area (Å²) in [5, 5.41) is 25.3. The maximum atomic E-state index is 3.82. The Balaban J connectivity index is 1.67. The predicted octanol–water partition coefficient (Wildman–Crippen LogP) is -0.848. The summed E-state index contributed by atoms with van der Waals surface area (Å²) in [5.74, 6) is 0. The van der Waals surface area contributed by atoms with Crippen molar-refractivity contribution >= 4 is 0 Å². The van der Waals surface area contributed by atoms with Crippen molar-refractivity contribution in [3.8, 4) is 0 Å². The van der Waals surface area contributed by atoms with Gasteiger partial charge in [0.1, 0.15) is 0 Å². The first-order valence-corrected chi connectivity index (χ1v) is 13.2. The van der Waals surface area contributed by atoms with E-state index in [4.69, 9.17) is 0 Å². The van der Waals surface area contributed by atoms with Gasteiger partial charge in [-0.1, -0.05) is 0 Å². The Kier molecular flexibility index (Phi) is 17.6. The van der Waals surface area contributed by atoms with Crippen LogP contribution in [0.15, 0.2) is 0 Å². The highest BCUT2D eigenvalue weighted by molar-refractivity contribution is 4.73. The molecule has 2 heterocycles. The number of hydrogen-bond acceptors (Lipinski definition) is 8. The summed E-state index contributed by atoms with van der Waals surface area (Å²) < 4.78 is 0. The van der Waals surface area contributed by atoms with E-state index in [1.165, 1.54) is 58.2 Å². The van der Waals surface area contributed by atoms with Crippen molar-refractivity contribution in [1.29, 1.82) is 0 Å². The van der Waals surface area contributed by atoms with Crippen LogP contribution in [-0.2, 0) is 0 Å². The summed E-state index contributed by atoms with van der Waals surface area (Å²) in [7, 11) is 0. The zero-order valence-electron chi connectivity index (χ0n) is 20.1. The van der Waals surface area contributed by atoms with Gasteiger partial charge in [0.25, 0.3) is 0 Å². The topological polar surface area (TPSA) is 87.5 Å². The van der Waals surface area contributed by atoms with Gasteiger partial charge in [0.2, 0.25) is 0 Å². The SMILES string of the molecule is C1CNCCNCCCN(CCC[C@H]2CNCCCNCCNCCCN2)CCNC1. The van der Waals surface area contributed by atoms with Crippen LogP contribution in [0, 0.1) is 0 Å². The zero-order valence-corrected chi connectivity index (χ0v) is 20.1. The molecule has 2 aliphatic heterocycles. The van der Waals surface area contributed by atoms with Gasteiger partial charge in [0, 0.05) is 51.9 Å². The van der Waals surface area contributed by atoms with E-state index >= 15 is 0 Å². The van der Waals surface area contributed by atoms with Crippen LogP contribution in [0.25, 0.3) is 0 Å². The number of nitrogens with zero attached hydrogens (tertiary/aromatic N) is 1. The van der Waals surface area contributed by atoms with Crippen molar-refractivity contribution in [1.82, 2.24) is 42.1 Å². The third-order valence-corrected chi connectivity index (χ3v) is 6.19. The standard InChI is InChI=1S/C23H52N8/c1(6-23-22-29-11-3-8-25-14-15-26-10-4-13-30-23)19-31-20-5-12-27-17-16-24-7-2-9-28-18-21-31/h23-30H,1-22H2/t23-/m0/s1. The molecule has 0 amide bonds. The Bertz CT molecular complexity index is 323. The fourth-order valence-electron chi connectivity index (χ4n) is 4.29. The number of rotatable bonds is 4. The Morgan fingerprint density at radius 3 is 1.74 bits per heavy atom. The fraction of sp³-hybridized carbons (Fsp3) is 1.00. The van der Waals surface area contributed by atoms with Gasteiger partial charge in [-0.15, -0.1) is 0 Å². The normalized spacial score (nSPS) is 26.5. The second-order valence-electron chi connectivity index (χ2n) is 9.00. The van der Waals surface area contributed by atoms with E-state index in [1.54, 1.807) is 0 Å². The van der Waals surface area contributed by atoms with E-state index in [0.29, 0.717) is 6.04 Å². The molecule has 0 bridgehead atoms. The van der Waals surface area contributed by atoms with Crippen LogP contribution in [0.2, 0.25) is 0 Å². The van der Waals surface area contributed by atoms with Crippen LogP contribution in [0.3, 0.4) is 0 Å². The number of hydrogen-bond donors (Lipinski definition) is 7. The monoisotopic (exact) mass is 440 g/mol. The number of nitrogens with one attached hydrogen (secondary N) is 7. The summed E-state index contributed by atoms with van der Waals surface area (Å²) in [4.78, 5) is 2.67. The van der Waals surface area contributed by atoms with E-state index in [2.05, 4.69) is 42.1 Å². The molecule has 2 fully saturated rings. The first-order valence-electron chi connectivity index (χ1n) is 13.2. The first kappa shape index (κ1) is 26.9. The molecule has 1 atom stereocenters. The van der Waals surface area contributed by atoms with E-state index in [9.17, 15) is 0 Å². The van der Waals surface area contributed by atoms with Gasteiger partial charge in [0.05, 0.1) is 0 Å². The van der Waals surface area contributed by atoms with Crippen molar-refractivity contribution in [2.75, 3.05) is 105 Å². The van der Waals surface area contributed by atoms with E-state index in [0.717, 1.165) is 85.1 Å². The first-order chi connectivity index (χ1) is 15.4. The molecule has 7 N–H and O–H groups in total. The summed E-state index contributed by atoms with van der Waals surface area (Å²) in [6.45, 7) is 17.9. The third kappa shape index (κ3) is 16.0. The lowest BCUT2D eigenvalue weighted by Crippen LogP contribution is -2.42. The molecule has 0 spiro atoms. The summed E-state index contributed by atoms with van der Waals surface area (Å²) in [6, 6.07) is 0.586. The molecular formula is C23H52N8. The Labute approximate surface area is 191 Å². The Morgan fingerprint density at radius 1 is 0.516 bits per heavy atom. The van der Waals surface area contributed by atoms with Crippen molar-refractivity contribution in [3.63, 3.8) is 0 Å². The van der Waals surface area contributed by atoms with Gasteiger partial charge in [-0.25, -0.2) is 0 Å². The van der Waals surface area contributed by atoms with Crippen molar-refractivity contribution in [3.05, 3.63) is 0 Å². The fourth-order valence-corrected chi connectivity index (χ4v) is 4.29. The van der Waals surface area contributed by atoms with Gasteiger partial charge in [-0.3, -0.25) is 0 Å². The molecule has 8 heteroatoms. The molecule has 184 valence electrons. The Hall–Kier alpha value is -0.320. The van der Waals surface area contributed by atoms with Gasteiger partial charge < -0.3 is 42.1 Å². The highest BCUT2D eigenvalue weighted by Gasteiger charge is 2.10. The van der Waals surface area contributed by atoms with Crippen molar-refractivity contribution in [2.45, 2.75) is 44.6 Å². The van der Waals surface area contributed by atoms with Crippen LogP contribution in [0.4, 0.5) is 0 Å². The van der Waals surface area contributed by atoms with Gasteiger partial charge in [0.15, 0.2) is 0 Å². The molecule has 0 aromatic rings. The van der Waals surface area contributed by atoms with E-state index < -0.39 is 0 Å². The minimum Gasteiger partial charge on any atom is -0.315 e. The molecule has 0 saturated carbocycles. The molecule has 2 aliphatic rings. The highest BCUT2D eigenvalue weighted by atomic mass is 15.1. The zero-order chi connectivity index (χ0) is 21.7. The van der Waals surface area contributed by atoms with Gasteiger partial charge >= 0.3 is 0 Å². The molecule has 0 unspecified atom stereocenters. The van der Waals surface area contributed by atoms with Gasteiger partial charge in [-0.2, -0.15) is 0 Å². The lowest BCUT2D eigenvalue weighted by molar-refractivity contribution is 0.256. The van der Waals surface area contributed by atoms with Crippen LogP contribution in [0.5, 0.6) is 0 Å². The van der Waals surface area contributed by atoms with Crippen LogP contribution in [-0.4, -0.2) is 116 Å². The predicted molar refractivity (Wildman–Crippen MR) is 133 cm³/mol. The lowest BCUT2D eigenvalue weighted by Gasteiger charge is -2.25. The summed E-state index contributed by atoms with van der Waals surface area (Å²) in [5.41, 5.74) is 0. The van der Waals surface area contributed by atoms with Crippen LogP contribution < -0.4 is 37.2 Å². The average Bonchev–Trinajstić information content (AvgIpc) is 2.78. The quantitative estimate of drug-likeness (QED) is 0.304. The molecule has 2 rings (SSSR count). The minimum atomic E-state index is 0.586. The molecular weight excluding hydrogens is 388 g/mol. The molecule has 31 heavy (non-hydrogen) atoms. The molecule has 0 aromatic heterocycles. The lowest BCUT2D eigenvalue weighted by atomic mass is 10.1. The van der Waals surface area contributed by atoms with Crippen molar-refractivity contribution < 1.29 is 0 Å². The molecule has 0 aromatic carbocycles. The van der Waals surface area contributed by atoms with Crippen LogP contribution >= 0.6 is 0 Å². The maximum Gasteiger partial charge on any atom is 0.0192 e. The van der Waals surface area contributed by atoms with E-state index in [1.807, 2.05) is 0 Å². The average molecular weight is 441 g/mol. The largest absolute Gasteiger partial charge is 0.315 e. The van der Waals surface area contributed by atoms with Crippen LogP contribution in [0.1, 0.15) is 38.5 Å². The highest BCUT2D eigenvalue weighted by Crippen LogP contribution is 2.02. The van der Waals surface area contributed by atoms with Crippen molar-refractivity contribution in [2.24, 2.45) is 0 Å². The summed E-state index contributed by atoms with van der Waals surface area (Å²) >= 11 is 0. The second kappa shape index (κ2) is 20.3. The molecule has 2 saturated heterocycles. The van der Waals surface area contributed by atoms with E-state index in [-0.39, 0.29) is 0 Å². The molecule has 0 radical (unpaired) electrons. The third-order valence-electron chi connectivity index (χ3n) is 6.19.